The smallest absolute Gasteiger partial charge is 0.151 e. The molecule has 0 saturated carbocycles. The molecule has 0 amide bonds. The number of anilines is 1. The third-order valence-corrected chi connectivity index (χ3v) is 4.31. The molecule has 0 aromatic carbocycles. The summed E-state index contributed by atoms with van der Waals surface area (Å²) in [6.45, 7) is 11.1. The molecular weight excluding hydrogens is 290 g/mol. The highest BCUT2D eigenvalue weighted by Crippen LogP contribution is 2.24. The predicted octanol–water partition coefficient (Wildman–Crippen LogP) is 2.39. The van der Waals surface area contributed by atoms with Gasteiger partial charge in [-0.2, -0.15) is 5.10 Å². The fourth-order valence-corrected chi connectivity index (χ4v) is 2.68. The summed E-state index contributed by atoms with van der Waals surface area (Å²) in [4.78, 5) is 4.56. The molecule has 0 unspecified atom stereocenters. The molecule has 0 atom stereocenters. The van der Waals surface area contributed by atoms with Crippen LogP contribution in [0, 0.1) is 6.92 Å². The fraction of sp³-hybridized carbons (Fsp3) is 0.588. The lowest BCUT2D eigenvalue weighted by atomic mass is 9.92. The average molecular weight is 315 g/mol. The molecule has 2 aromatic rings. The topological polar surface area (TPSA) is 58.3 Å². The number of aromatic nitrogens is 3. The molecule has 6 heteroatoms. The molecule has 0 N–H and O–H groups in total. The van der Waals surface area contributed by atoms with Crippen LogP contribution in [0.1, 0.15) is 37.9 Å². The number of aryl methyl sites for hydroxylation is 1. The summed E-state index contributed by atoms with van der Waals surface area (Å²) >= 11 is 0. The molecule has 1 aliphatic heterocycles. The van der Waals surface area contributed by atoms with E-state index >= 15 is 0 Å². The van der Waals surface area contributed by atoms with Crippen molar-refractivity contribution >= 4 is 5.82 Å². The Morgan fingerprint density at radius 3 is 2.52 bits per heavy atom. The van der Waals surface area contributed by atoms with Crippen molar-refractivity contribution < 1.29 is 4.52 Å². The van der Waals surface area contributed by atoms with E-state index in [0.29, 0.717) is 6.04 Å². The minimum Gasteiger partial charge on any atom is -0.360 e. The molecule has 0 spiro atoms. The molecule has 3 heterocycles. The summed E-state index contributed by atoms with van der Waals surface area (Å²) < 4.78 is 5.28. The van der Waals surface area contributed by atoms with Crippen LogP contribution in [0.5, 0.6) is 0 Å². The molecule has 0 radical (unpaired) electrons. The summed E-state index contributed by atoms with van der Waals surface area (Å²) in [5.74, 6) is 1.87. The van der Waals surface area contributed by atoms with Gasteiger partial charge in [-0.25, -0.2) is 0 Å². The second kappa shape index (κ2) is 5.92. The van der Waals surface area contributed by atoms with E-state index in [2.05, 4.69) is 65.1 Å². The first-order chi connectivity index (χ1) is 10.8. The van der Waals surface area contributed by atoms with Crippen LogP contribution in [0.15, 0.2) is 22.7 Å². The third kappa shape index (κ3) is 3.52. The largest absolute Gasteiger partial charge is 0.360 e. The van der Waals surface area contributed by atoms with Crippen molar-refractivity contribution in [2.45, 2.75) is 45.7 Å². The van der Waals surface area contributed by atoms with E-state index in [0.717, 1.165) is 42.6 Å². The van der Waals surface area contributed by atoms with E-state index in [4.69, 9.17) is 4.52 Å². The maximum Gasteiger partial charge on any atom is 0.151 e. The van der Waals surface area contributed by atoms with Crippen LogP contribution >= 0.6 is 0 Å². The fourth-order valence-electron chi connectivity index (χ4n) is 2.68. The number of hydrogen-bond donors (Lipinski definition) is 0. The highest BCUT2D eigenvalue weighted by atomic mass is 16.5. The average Bonchev–Trinajstić information content (AvgIpc) is 2.82. The van der Waals surface area contributed by atoms with Gasteiger partial charge in [-0.1, -0.05) is 25.9 Å². The van der Waals surface area contributed by atoms with Crippen LogP contribution < -0.4 is 4.90 Å². The zero-order valence-corrected chi connectivity index (χ0v) is 14.6. The van der Waals surface area contributed by atoms with Gasteiger partial charge < -0.3 is 9.42 Å². The van der Waals surface area contributed by atoms with Crippen LogP contribution in [0.3, 0.4) is 0 Å². The third-order valence-electron chi connectivity index (χ3n) is 4.31. The molecule has 23 heavy (non-hydrogen) atoms. The van der Waals surface area contributed by atoms with Gasteiger partial charge in [-0.15, -0.1) is 5.10 Å². The van der Waals surface area contributed by atoms with Crippen LogP contribution in [-0.2, 0) is 12.0 Å². The molecule has 6 nitrogen and oxygen atoms in total. The van der Waals surface area contributed by atoms with Crippen LogP contribution in [-0.4, -0.2) is 46.4 Å². The second-order valence-electron chi connectivity index (χ2n) is 7.44. The van der Waals surface area contributed by atoms with E-state index in [9.17, 15) is 0 Å². The van der Waals surface area contributed by atoms with E-state index in [-0.39, 0.29) is 5.41 Å². The van der Waals surface area contributed by atoms with Crippen molar-refractivity contribution in [2.75, 3.05) is 25.0 Å². The Hall–Kier alpha value is -1.95. The van der Waals surface area contributed by atoms with Gasteiger partial charge in [0.1, 0.15) is 0 Å². The van der Waals surface area contributed by atoms with Crippen LogP contribution in [0.25, 0.3) is 0 Å². The molecule has 1 saturated heterocycles. The highest BCUT2D eigenvalue weighted by Gasteiger charge is 2.31. The maximum absolute atomic E-state index is 5.28. The maximum atomic E-state index is 5.28. The molecule has 124 valence electrons. The van der Waals surface area contributed by atoms with Crippen molar-refractivity contribution in [3.63, 3.8) is 0 Å². The van der Waals surface area contributed by atoms with E-state index < -0.39 is 0 Å². The Balaban J connectivity index is 1.54. The zero-order valence-electron chi connectivity index (χ0n) is 14.6. The van der Waals surface area contributed by atoms with Gasteiger partial charge in [-0.05, 0) is 26.1 Å². The first kappa shape index (κ1) is 15.9. The number of hydrogen-bond acceptors (Lipinski definition) is 6. The molecule has 3 rings (SSSR count). The molecule has 2 aromatic heterocycles. The zero-order chi connectivity index (χ0) is 16.6. The Morgan fingerprint density at radius 1 is 1.26 bits per heavy atom. The summed E-state index contributed by atoms with van der Waals surface area (Å²) in [7, 11) is 2.12. The van der Waals surface area contributed by atoms with Crippen molar-refractivity contribution in [2.24, 2.45) is 0 Å². The van der Waals surface area contributed by atoms with Gasteiger partial charge >= 0.3 is 0 Å². The van der Waals surface area contributed by atoms with Gasteiger partial charge in [0.15, 0.2) is 11.6 Å². The van der Waals surface area contributed by atoms with E-state index in [1.165, 1.54) is 0 Å². The Morgan fingerprint density at radius 2 is 2.00 bits per heavy atom. The molecule has 0 aliphatic carbocycles. The molecular formula is C17H25N5O. The lowest BCUT2D eigenvalue weighted by Gasteiger charge is -2.44. The SMILES string of the molecule is Cc1cc(CN(C)C2CN(c3ccc(C(C)(C)C)nn3)C2)on1. The van der Waals surface area contributed by atoms with E-state index in [1.807, 2.05) is 13.0 Å². The lowest BCUT2D eigenvalue weighted by molar-refractivity contribution is 0.177. The van der Waals surface area contributed by atoms with Gasteiger partial charge in [0.25, 0.3) is 0 Å². The number of likely N-dealkylation sites (N-methyl/N-ethyl adjacent to an activating group) is 1. The van der Waals surface area contributed by atoms with Gasteiger partial charge in [0.05, 0.1) is 17.9 Å². The number of rotatable bonds is 4. The van der Waals surface area contributed by atoms with Crippen molar-refractivity contribution in [1.82, 2.24) is 20.3 Å². The minimum atomic E-state index is 0.0401. The van der Waals surface area contributed by atoms with Crippen LogP contribution in [0.2, 0.25) is 0 Å². The summed E-state index contributed by atoms with van der Waals surface area (Å²) in [6.07, 6.45) is 0. The summed E-state index contributed by atoms with van der Waals surface area (Å²) in [5, 5.41) is 12.7. The quantitative estimate of drug-likeness (QED) is 0.863. The van der Waals surface area contributed by atoms with Crippen molar-refractivity contribution in [3.8, 4) is 0 Å². The monoisotopic (exact) mass is 315 g/mol. The first-order valence-electron chi connectivity index (χ1n) is 8.04. The first-order valence-corrected chi connectivity index (χ1v) is 8.04. The molecule has 1 aliphatic rings. The molecule has 0 bridgehead atoms. The number of nitrogens with zero attached hydrogens (tertiary/aromatic N) is 5. The Kier molecular flexibility index (Phi) is 4.10. The second-order valence-corrected chi connectivity index (χ2v) is 7.44. The lowest BCUT2D eigenvalue weighted by Crippen LogP contribution is -2.58. The Labute approximate surface area is 137 Å². The molecule has 1 fully saturated rings. The van der Waals surface area contributed by atoms with E-state index in [1.54, 1.807) is 0 Å². The minimum absolute atomic E-state index is 0.0401. The van der Waals surface area contributed by atoms with Gasteiger partial charge in [-0.3, -0.25) is 4.90 Å². The van der Waals surface area contributed by atoms with Crippen molar-refractivity contribution in [1.29, 1.82) is 0 Å². The predicted molar refractivity (Wildman–Crippen MR) is 89.4 cm³/mol. The summed E-state index contributed by atoms with van der Waals surface area (Å²) in [5.41, 5.74) is 1.99. The van der Waals surface area contributed by atoms with Crippen molar-refractivity contribution in [3.05, 3.63) is 35.3 Å². The van der Waals surface area contributed by atoms with Crippen LogP contribution in [0.4, 0.5) is 5.82 Å². The highest BCUT2D eigenvalue weighted by molar-refractivity contribution is 5.42. The van der Waals surface area contributed by atoms with Gasteiger partial charge in [0, 0.05) is 30.6 Å². The standard InChI is InChI=1S/C17H25N5O/c1-12-8-14(23-20-12)11-21(5)13-9-22(10-13)16-7-6-15(18-19-16)17(2,3)4/h6-8,13H,9-11H2,1-5H3. The normalized spacial score (nSPS) is 16.0. The van der Waals surface area contributed by atoms with Gasteiger partial charge in [0.2, 0.25) is 0 Å². The summed E-state index contributed by atoms with van der Waals surface area (Å²) in [6, 6.07) is 6.65. The Bertz CT molecular complexity index is 652.